The van der Waals surface area contributed by atoms with E-state index in [4.69, 9.17) is 9.88 Å². The number of nitro benzene ring substituents is 1. The van der Waals surface area contributed by atoms with Crippen LogP contribution in [0.25, 0.3) is 0 Å². The average Bonchev–Trinajstić information content (AvgIpc) is 2.60. The quantitative estimate of drug-likeness (QED) is 0.517. The standard InChI is InChI=1S/C16H17N3O6S/c17-26(23,24)15-6-4-12(5-7-15)8-9-18-16(20)11-25-14-3-1-2-13(10-14)19(21)22/h1-7,10H,8-9,11H2,(H,18,20)(H2,17,23,24). The number of nitro groups is 1. The van der Waals surface area contributed by atoms with E-state index < -0.39 is 14.9 Å². The Morgan fingerprint density at radius 2 is 1.88 bits per heavy atom. The molecule has 0 fully saturated rings. The van der Waals surface area contributed by atoms with Crippen LogP contribution in [0.4, 0.5) is 5.69 Å². The van der Waals surface area contributed by atoms with Crippen molar-refractivity contribution in [2.45, 2.75) is 11.3 Å². The molecular weight excluding hydrogens is 362 g/mol. The van der Waals surface area contributed by atoms with Gasteiger partial charge in [0.2, 0.25) is 10.0 Å². The third-order valence-electron chi connectivity index (χ3n) is 3.39. The highest BCUT2D eigenvalue weighted by Crippen LogP contribution is 2.18. The van der Waals surface area contributed by atoms with Crippen molar-refractivity contribution in [1.29, 1.82) is 0 Å². The molecule has 0 aromatic heterocycles. The number of rotatable bonds is 8. The molecular formula is C16H17N3O6S. The van der Waals surface area contributed by atoms with Crippen molar-refractivity contribution in [3.63, 3.8) is 0 Å². The van der Waals surface area contributed by atoms with Crippen molar-refractivity contribution in [3.8, 4) is 5.75 Å². The molecule has 0 aliphatic rings. The zero-order chi connectivity index (χ0) is 19.2. The number of primary sulfonamides is 1. The maximum atomic E-state index is 11.7. The minimum absolute atomic E-state index is 0.0237. The van der Waals surface area contributed by atoms with E-state index >= 15 is 0 Å². The van der Waals surface area contributed by atoms with E-state index in [0.717, 1.165) is 5.56 Å². The Bertz CT molecular complexity index is 896. The van der Waals surface area contributed by atoms with Gasteiger partial charge in [0.25, 0.3) is 11.6 Å². The number of hydrogen-bond acceptors (Lipinski definition) is 6. The van der Waals surface area contributed by atoms with E-state index in [1.807, 2.05) is 0 Å². The smallest absolute Gasteiger partial charge is 0.273 e. The van der Waals surface area contributed by atoms with Crippen molar-refractivity contribution in [3.05, 3.63) is 64.2 Å². The average molecular weight is 379 g/mol. The first-order valence-corrected chi connectivity index (χ1v) is 9.06. The monoisotopic (exact) mass is 379 g/mol. The molecule has 0 bridgehead atoms. The van der Waals surface area contributed by atoms with Gasteiger partial charge in [-0.25, -0.2) is 13.6 Å². The number of nitrogens with one attached hydrogen (secondary N) is 1. The van der Waals surface area contributed by atoms with E-state index in [0.29, 0.717) is 13.0 Å². The molecule has 0 spiro atoms. The van der Waals surface area contributed by atoms with Crippen LogP contribution in [-0.4, -0.2) is 32.4 Å². The van der Waals surface area contributed by atoms with Crippen LogP contribution in [0, 0.1) is 10.1 Å². The van der Waals surface area contributed by atoms with Gasteiger partial charge in [0.15, 0.2) is 6.61 Å². The third kappa shape index (κ3) is 5.83. The molecule has 0 saturated heterocycles. The highest BCUT2D eigenvalue weighted by atomic mass is 32.2. The molecule has 9 nitrogen and oxygen atoms in total. The van der Waals surface area contributed by atoms with Gasteiger partial charge in [-0.15, -0.1) is 0 Å². The summed E-state index contributed by atoms with van der Waals surface area (Å²) in [5.74, 6) is -0.148. The zero-order valence-electron chi connectivity index (χ0n) is 13.6. The molecule has 0 atom stereocenters. The highest BCUT2D eigenvalue weighted by molar-refractivity contribution is 7.89. The maximum Gasteiger partial charge on any atom is 0.273 e. The molecule has 0 radical (unpaired) electrons. The molecule has 10 heteroatoms. The minimum Gasteiger partial charge on any atom is -0.484 e. The van der Waals surface area contributed by atoms with Gasteiger partial charge in [0.05, 0.1) is 15.9 Å². The van der Waals surface area contributed by atoms with Crippen LogP contribution in [0.2, 0.25) is 0 Å². The number of non-ortho nitro benzene ring substituents is 1. The van der Waals surface area contributed by atoms with E-state index in [2.05, 4.69) is 5.32 Å². The Morgan fingerprint density at radius 1 is 1.19 bits per heavy atom. The van der Waals surface area contributed by atoms with Crippen molar-refractivity contribution in [2.75, 3.05) is 13.2 Å². The second-order valence-electron chi connectivity index (χ2n) is 5.33. The van der Waals surface area contributed by atoms with Gasteiger partial charge in [-0.05, 0) is 30.2 Å². The molecule has 0 unspecified atom stereocenters. The summed E-state index contributed by atoms with van der Waals surface area (Å²) in [6.07, 6.45) is 0.493. The predicted octanol–water partition coefficient (Wildman–Crippen LogP) is 0.980. The Labute approximate surface area is 150 Å². The van der Waals surface area contributed by atoms with Crippen LogP contribution in [0.15, 0.2) is 53.4 Å². The number of amides is 1. The summed E-state index contributed by atoms with van der Waals surface area (Å²) in [6, 6.07) is 11.6. The summed E-state index contributed by atoms with van der Waals surface area (Å²) in [4.78, 5) is 21.9. The fraction of sp³-hybridized carbons (Fsp3) is 0.188. The maximum absolute atomic E-state index is 11.7. The second kappa shape index (κ2) is 8.41. The first kappa shape index (κ1) is 19.3. The molecule has 1 amide bonds. The second-order valence-corrected chi connectivity index (χ2v) is 6.89. The molecule has 3 N–H and O–H groups in total. The topological polar surface area (TPSA) is 142 Å². The highest BCUT2D eigenvalue weighted by Gasteiger charge is 2.09. The first-order chi connectivity index (χ1) is 12.3. The number of carbonyl (C=O) groups is 1. The summed E-state index contributed by atoms with van der Waals surface area (Å²) in [5.41, 5.74) is 0.711. The molecule has 0 saturated carbocycles. The molecule has 2 rings (SSSR count). The summed E-state index contributed by atoms with van der Waals surface area (Å²) < 4.78 is 27.5. The Kier molecular flexibility index (Phi) is 6.26. The predicted molar refractivity (Wildman–Crippen MR) is 93.1 cm³/mol. The van der Waals surface area contributed by atoms with Gasteiger partial charge in [0, 0.05) is 12.6 Å². The zero-order valence-corrected chi connectivity index (χ0v) is 14.4. The van der Waals surface area contributed by atoms with Crippen molar-refractivity contribution < 1.29 is 22.9 Å². The van der Waals surface area contributed by atoms with E-state index in [9.17, 15) is 23.3 Å². The molecule has 138 valence electrons. The SMILES string of the molecule is NS(=O)(=O)c1ccc(CCNC(=O)COc2cccc([N+](=O)[O-])c2)cc1. The van der Waals surface area contributed by atoms with Gasteiger partial charge in [0.1, 0.15) is 5.75 Å². The van der Waals surface area contributed by atoms with Crippen molar-refractivity contribution in [1.82, 2.24) is 5.32 Å². The number of hydrogen-bond donors (Lipinski definition) is 2. The van der Waals surface area contributed by atoms with Gasteiger partial charge in [-0.1, -0.05) is 18.2 Å². The van der Waals surface area contributed by atoms with E-state index in [-0.39, 0.29) is 28.8 Å². The summed E-state index contributed by atoms with van der Waals surface area (Å²) >= 11 is 0. The number of carbonyl (C=O) groups excluding carboxylic acids is 1. The summed E-state index contributed by atoms with van der Waals surface area (Å²) in [5, 5.41) is 18.3. The van der Waals surface area contributed by atoms with Gasteiger partial charge < -0.3 is 10.1 Å². The van der Waals surface area contributed by atoms with E-state index in [1.54, 1.807) is 12.1 Å². The lowest BCUT2D eigenvalue weighted by atomic mass is 10.1. The summed E-state index contributed by atoms with van der Waals surface area (Å²) in [6.45, 7) is 0.0530. The lowest BCUT2D eigenvalue weighted by molar-refractivity contribution is -0.384. The number of nitrogens with two attached hydrogens (primary N) is 1. The van der Waals surface area contributed by atoms with Gasteiger partial charge >= 0.3 is 0 Å². The number of nitrogens with zero attached hydrogens (tertiary/aromatic N) is 1. The Morgan fingerprint density at radius 3 is 2.50 bits per heavy atom. The molecule has 0 aliphatic heterocycles. The van der Waals surface area contributed by atoms with E-state index in [1.165, 1.54) is 36.4 Å². The lowest BCUT2D eigenvalue weighted by Crippen LogP contribution is -2.30. The molecule has 26 heavy (non-hydrogen) atoms. The molecule has 0 heterocycles. The number of sulfonamides is 1. The number of benzene rings is 2. The largest absolute Gasteiger partial charge is 0.484 e. The lowest BCUT2D eigenvalue weighted by Gasteiger charge is -2.08. The Hall–Kier alpha value is -2.98. The Balaban J connectivity index is 1.77. The summed E-state index contributed by atoms with van der Waals surface area (Å²) in [7, 11) is -3.72. The minimum atomic E-state index is -3.72. The van der Waals surface area contributed by atoms with Crippen molar-refractivity contribution >= 4 is 21.6 Å². The molecule has 2 aromatic rings. The normalized spacial score (nSPS) is 11.0. The van der Waals surface area contributed by atoms with Crippen LogP contribution >= 0.6 is 0 Å². The van der Waals surface area contributed by atoms with Crippen LogP contribution in [-0.2, 0) is 21.2 Å². The van der Waals surface area contributed by atoms with Crippen molar-refractivity contribution in [2.24, 2.45) is 5.14 Å². The van der Waals surface area contributed by atoms with Crippen LogP contribution < -0.4 is 15.2 Å². The third-order valence-corrected chi connectivity index (χ3v) is 4.32. The van der Waals surface area contributed by atoms with Gasteiger partial charge in [-0.2, -0.15) is 0 Å². The van der Waals surface area contributed by atoms with Crippen LogP contribution in [0.1, 0.15) is 5.56 Å². The molecule has 0 aliphatic carbocycles. The first-order valence-electron chi connectivity index (χ1n) is 7.51. The molecule has 2 aromatic carbocycles. The fourth-order valence-corrected chi connectivity index (χ4v) is 2.59. The van der Waals surface area contributed by atoms with Gasteiger partial charge in [-0.3, -0.25) is 14.9 Å². The van der Waals surface area contributed by atoms with Crippen LogP contribution in [0.3, 0.4) is 0 Å². The van der Waals surface area contributed by atoms with Crippen LogP contribution in [0.5, 0.6) is 5.75 Å². The fourth-order valence-electron chi connectivity index (χ4n) is 2.08. The number of ether oxygens (including phenoxy) is 1.